The van der Waals surface area contributed by atoms with Crippen LogP contribution in [0.1, 0.15) is 54.5 Å². The van der Waals surface area contributed by atoms with E-state index >= 15 is 0 Å². The smallest absolute Gasteiger partial charge is 0.0636 e. The Bertz CT molecular complexity index is 2760. The minimum atomic E-state index is 0.405. The van der Waals surface area contributed by atoms with E-state index < -0.39 is 0 Å². The van der Waals surface area contributed by atoms with E-state index in [0.717, 1.165) is 18.5 Å². The molecule has 2 aliphatic carbocycles. The number of aromatic nitrogens is 4. The summed E-state index contributed by atoms with van der Waals surface area (Å²) in [5, 5.41) is 6.61. The summed E-state index contributed by atoms with van der Waals surface area (Å²) in [6, 6.07) is 38.6. The first kappa shape index (κ1) is 26.3. The van der Waals surface area contributed by atoms with Crippen LogP contribution in [0.4, 0.5) is 0 Å². The number of aryl methyl sites for hydroxylation is 1. The summed E-state index contributed by atoms with van der Waals surface area (Å²) < 4.78 is 4.91. The number of rotatable bonds is 2. The largest absolute Gasteiger partial charge is 0.366 e. The zero-order valence-electron chi connectivity index (χ0n) is 27.0. The summed E-state index contributed by atoms with van der Waals surface area (Å²) in [4.78, 5) is 7.17. The minimum Gasteiger partial charge on any atom is -0.366 e. The Morgan fingerprint density at radius 3 is 1.85 bits per heavy atom. The van der Waals surface area contributed by atoms with Gasteiger partial charge >= 0.3 is 0 Å². The average Bonchev–Trinajstić information content (AvgIpc) is 3.91. The number of benzene rings is 5. The van der Waals surface area contributed by atoms with E-state index in [-0.39, 0.29) is 0 Å². The van der Waals surface area contributed by atoms with E-state index in [1.807, 2.05) is 6.20 Å². The van der Waals surface area contributed by atoms with Crippen molar-refractivity contribution in [3.63, 3.8) is 0 Å². The highest BCUT2D eigenvalue weighted by atomic mass is 15.0. The maximum Gasteiger partial charge on any atom is 0.0636 e. The lowest BCUT2D eigenvalue weighted by Gasteiger charge is -2.32. The van der Waals surface area contributed by atoms with Crippen molar-refractivity contribution in [2.75, 3.05) is 0 Å². The minimum absolute atomic E-state index is 0.405. The van der Waals surface area contributed by atoms with Crippen LogP contribution >= 0.6 is 0 Å². The molecule has 5 aromatic carbocycles. The monoisotopic (exact) mass is 618 g/mol. The number of allylic oxidation sites excluding steroid dienone is 1. The lowest BCUT2D eigenvalue weighted by atomic mass is 9.72. The van der Waals surface area contributed by atoms with E-state index in [1.165, 1.54) is 93.7 Å². The van der Waals surface area contributed by atoms with Gasteiger partial charge in [-0.2, -0.15) is 0 Å². The number of nitrogens with zero attached hydrogens (tertiary/aromatic N) is 2. The highest BCUT2D eigenvalue weighted by Crippen LogP contribution is 2.51. The van der Waals surface area contributed by atoms with Gasteiger partial charge in [0.25, 0.3) is 0 Å². The molecule has 4 aromatic heterocycles. The van der Waals surface area contributed by atoms with Gasteiger partial charge in [-0.25, -0.2) is 0 Å². The summed E-state index contributed by atoms with van der Waals surface area (Å²) in [7, 11) is 0. The van der Waals surface area contributed by atoms with Crippen LogP contribution in [0.5, 0.6) is 0 Å². The molecule has 0 fully saturated rings. The van der Waals surface area contributed by atoms with Crippen LogP contribution in [-0.2, 0) is 6.42 Å². The van der Waals surface area contributed by atoms with Gasteiger partial charge in [0.05, 0.1) is 27.8 Å². The first-order chi connectivity index (χ1) is 23.6. The predicted molar refractivity (Wildman–Crippen MR) is 201 cm³/mol. The van der Waals surface area contributed by atoms with Crippen molar-refractivity contribution in [3.8, 4) is 16.8 Å². The van der Waals surface area contributed by atoms with Gasteiger partial charge in [0.15, 0.2) is 0 Å². The number of hydrogen-bond donors (Lipinski definition) is 2. The van der Waals surface area contributed by atoms with Crippen molar-refractivity contribution in [1.82, 2.24) is 19.1 Å². The molecule has 2 aliphatic rings. The van der Waals surface area contributed by atoms with Crippen LogP contribution in [-0.4, -0.2) is 19.1 Å². The molecular formula is C44H34N4. The van der Waals surface area contributed by atoms with Crippen molar-refractivity contribution in [1.29, 1.82) is 0 Å². The number of H-pyrrole nitrogens is 2. The number of hydrogen-bond acceptors (Lipinski definition) is 0. The van der Waals surface area contributed by atoms with Crippen molar-refractivity contribution in [2.24, 2.45) is 0 Å². The Hall–Kier alpha value is -5.74. The predicted octanol–water partition coefficient (Wildman–Crippen LogP) is 11.5. The van der Waals surface area contributed by atoms with E-state index in [1.54, 1.807) is 0 Å². The van der Waals surface area contributed by atoms with Crippen molar-refractivity contribution < 1.29 is 0 Å². The maximum absolute atomic E-state index is 3.89. The topological polar surface area (TPSA) is 41.4 Å². The molecule has 0 radical (unpaired) electrons. The molecule has 0 saturated heterocycles. The van der Waals surface area contributed by atoms with Crippen molar-refractivity contribution in [2.45, 2.75) is 38.5 Å². The third-order valence-corrected chi connectivity index (χ3v) is 11.6. The maximum atomic E-state index is 3.89. The molecule has 230 valence electrons. The lowest BCUT2D eigenvalue weighted by Crippen LogP contribution is -2.13. The van der Waals surface area contributed by atoms with Crippen molar-refractivity contribution in [3.05, 3.63) is 138 Å². The van der Waals surface area contributed by atoms with Gasteiger partial charge in [0, 0.05) is 61.8 Å². The van der Waals surface area contributed by atoms with Gasteiger partial charge in [-0.05, 0) is 102 Å². The van der Waals surface area contributed by atoms with Gasteiger partial charge in [-0.15, -0.1) is 0 Å². The molecule has 0 saturated carbocycles. The molecular weight excluding hydrogens is 585 g/mol. The van der Waals surface area contributed by atoms with Gasteiger partial charge in [-0.1, -0.05) is 68.4 Å². The van der Waals surface area contributed by atoms with Gasteiger partial charge in [0.1, 0.15) is 0 Å². The molecule has 4 heteroatoms. The summed E-state index contributed by atoms with van der Waals surface area (Å²) in [6.45, 7) is 4.84. The van der Waals surface area contributed by atoms with E-state index in [0.29, 0.717) is 11.8 Å². The fraction of sp³-hybridized carbons (Fsp3) is 0.136. The highest BCUT2D eigenvalue weighted by Gasteiger charge is 2.31. The number of nitrogens with one attached hydrogen (secondary N) is 2. The average molecular weight is 619 g/mol. The quantitative estimate of drug-likeness (QED) is 0.194. The van der Waals surface area contributed by atoms with Crippen LogP contribution in [0.3, 0.4) is 0 Å². The standard InChI is InChI=1S/C44H34N4/c1-25-26(2)33-21-38-31-11-5-8-14-43(31)48(28-17-18-45-24-28)44(38)23-35(33)34-22-40-37(20-32(25)34)36-19-27(15-16-39(36)46-40)47-41-12-6-3-9-29(41)30-10-4-7-13-42(30)47/h3-14,17-26,45-46H,15-16H2,1-2H3. The molecule has 2 N–H and O–H groups in total. The lowest BCUT2D eigenvalue weighted by molar-refractivity contribution is 0.617. The van der Waals surface area contributed by atoms with Crippen molar-refractivity contribution >= 4 is 66.3 Å². The Labute approximate surface area is 277 Å². The zero-order valence-corrected chi connectivity index (χ0v) is 27.0. The van der Waals surface area contributed by atoms with Gasteiger partial charge < -0.3 is 19.1 Å². The van der Waals surface area contributed by atoms with Crippen LogP contribution in [0.25, 0.3) is 83.1 Å². The first-order valence-electron chi connectivity index (χ1n) is 17.2. The Morgan fingerprint density at radius 2 is 1.19 bits per heavy atom. The Kier molecular flexibility index (Phi) is 5.17. The van der Waals surface area contributed by atoms with Crippen LogP contribution < -0.4 is 0 Å². The second kappa shape index (κ2) is 9.42. The molecule has 4 nitrogen and oxygen atoms in total. The molecule has 2 unspecified atom stereocenters. The normalized spacial score (nSPS) is 17.3. The molecule has 2 atom stereocenters. The third-order valence-electron chi connectivity index (χ3n) is 11.6. The van der Waals surface area contributed by atoms with Crippen LogP contribution in [0.2, 0.25) is 0 Å². The highest BCUT2D eigenvalue weighted by molar-refractivity contribution is 6.13. The summed E-state index contributed by atoms with van der Waals surface area (Å²) in [6.07, 6.45) is 8.57. The molecule has 9 aromatic rings. The Morgan fingerprint density at radius 1 is 0.583 bits per heavy atom. The molecule has 0 bridgehead atoms. The number of fused-ring (bicyclic) bond motifs is 12. The van der Waals surface area contributed by atoms with Crippen LogP contribution in [0.15, 0.2) is 116 Å². The fourth-order valence-electron chi connectivity index (χ4n) is 9.12. The molecule has 0 aliphatic heterocycles. The number of para-hydroxylation sites is 3. The summed E-state index contributed by atoms with van der Waals surface area (Å²) in [5.41, 5.74) is 17.2. The Balaban J connectivity index is 1.13. The molecule has 11 rings (SSSR count). The van der Waals surface area contributed by atoms with E-state index in [4.69, 9.17) is 0 Å². The van der Waals surface area contributed by atoms with E-state index in [9.17, 15) is 0 Å². The molecule has 0 spiro atoms. The second-order valence-corrected chi connectivity index (χ2v) is 14.0. The summed E-state index contributed by atoms with van der Waals surface area (Å²) >= 11 is 0. The molecule has 0 amide bonds. The zero-order chi connectivity index (χ0) is 31.7. The van der Waals surface area contributed by atoms with Gasteiger partial charge in [-0.3, -0.25) is 0 Å². The molecule has 48 heavy (non-hydrogen) atoms. The first-order valence-corrected chi connectivity index (χ1v) is 17.2. The summed E-state index contributed by atoms with van der Waals surface area (Å²) in [5.74, 6) is 0.810. The second-order valence-electron chi connectivity index (χ2n) is 14.0. The SMILES string of the molecule is CC1c2cc3c4c([nH]c3cc2-c2cc3c(cc2C1C)c1ccccc1n3-c1cc[nH]c1)CCC(n1c2ccccc2c2ccccc21)=C4. The van der Waals surface area contributed by atoms with E-state index in [2.05, 4.69) is 148 Å². The fourth-order valence-corrected chi connectivity index (χ4v) is 9.12. The molecule has 4 heterocycles. The number of aromatic amines is 2. The third kappa shape index (κ3) is 3.39. The van der Waals surface area contributed by atoms with Crippen LogP contribution in [0, 0.1) is 0 Å². The van der Waals surface area contributed by atoms with Gasteiger partial charge in [0.2, 0.25) is 0 Å².